The molecule has 7 nitrogen and oxygen atoms in total. The van der Waals surface area contributed by atoms with Crippen LogP contribution in [-0.4, -0.2) is 24.5 Å². The molecule has 0 radical (unpaired) electrons. The minimum absolute atomic E-state index is 0.0218. The van der Waals surface area contributed by atoms with Crippen molar-refractivity contribution in [3.63, 3.8) is 0 Å². The van der Waals surface area contributed by atoms with Crippen LogP contribution in [0.5, 0.6) is 0 Å². The van der Waals surface area contributed by atoms with Gasteiger partial charge in [0.05, 0.1) is 0 Å². The summed E-state index contributed by atoms with van der Waals surface area (Å²) in [6.45, 7) is 3.01. The Bertz CT molecular complexity index is 794. The number of pyridine rings is 1. The highest BCUT2D eigenvalue weighted by molar-refractivity contribution is 7.90. The first-order valence-corrected chi connectivity index (χ1v) is 8.28. The van der Waals surface area contributed by atoms with Gasteiger partial charge < -0.3 is 4.52 Å². The van der Waals surface area contributed by atoms with Crippen LogP contribution in [0.15, 0.2) is 33.9 Å². The fraction of sp³-hybridized carbons (Fsp3) is 0.357. The molecule has 0 aromatic carbocycles. The Hall–Kier alpha value is -2.22. The zero-order valence-electron chi connectivity index (χ0n) is 12.1. The van der Waals surface area contributed by atoms with Crippen LogP contribution in [0.25, 0.3) is 0 Å². The molecule has 0 aliphatic heterocycles. The normalized spacial score (nSPS) is 20.6. The van der Waals surface area contributed by atoms with Crippen LogP contribution in [0.2, 0.25) is 0 Å². The van der Waals surface area contributed by atoms with Crippen molar-refractivity contribution in [1.82, 2.24) is 14.9 Å². The quantitative estimate of drug-likeness (QED) is 0.910. The molecule has 1 aliphatic carbocycles. The van der Waals surface area contributed by atoms with E-state index >= 15 is 0 Å². The lowest BCUT2D eigenvalue weighted by atomic mass is 10.1. The standard InChI is InChI=1S/C14H15N3O4S/c1-8-13(9(2)21-16-8)22(19,20)17-14(18)12-6-11(12)10-4-3-5-15-7-10/h3-5,7,11-12H,6H2,1-2H3,(H,17,18)/t11-,12-/m0/s1. The molecule has 2 atom stereocenters. The van der Waals surface area contributed by atoms with E-state index < -0.39 is 15.9 Å². The smallest absolute Gasteiger partial charge is 0.269 e. The number of amides is 1. The molecule has 1 N–H and O–H groups in total. The van der Waals surface area contributed by atoms with E-state index in [2.05, 4.69) is 14.9 Å². The molecule has 3 rings (SSSR count). The van der Waals surface area contributed by atoms with Crippen molar-refractivity contribution in [3.05, 3.63) is 41.5 Å². The molecule has 0 spiro atoms. The summed E-state index contributed by atoms with van der Waals surface area (Å²) in [5, 5.41) is 3.60. The zero-order valence-corrected chi connectivity index (χ0v) is 12.9. The van der Waals surface area contributed by atoms with E-state index in [0.717, 1.165) is 5.56 Å². The summed E-state index contributed by atoms with van der Waals surface area (Å²) in [5.74, 6) is -0.667. The van der Waals surface area contributed by atoms with E-state index in [0.29, 0.717) is 6.42 Å². The second-order valence-electron chi connectivity index (χ2n) is 5.36. The zero-order chi connectivity index (χ0) is 15.9. The summed E-state index contributed by atoms with van der Waals surface area (Å²) in [6.07, 6.45) is 3.97. The van der Waals surface area contributed by atoms with Crippen LogP contribution in [0.3, 0.4) is 0 Å². The molecule has 2 aromatic rings. The first-order valence-electron chi connectivity index (χ1n) is 6.79. The summed E-state index contributed by atoms with van der Waals surface area (Å²) in [5.41, 5.74) is 1.18. The first-order chi connectivity index (χ1) is 10.4. The van der Waals surface area contributed by atoms with Gasteiger partial charge in [-0.15, -0.1) is 0 Å². The van der Waals surface area contributed by atoms with Gasteiger partial charge in [-0.1, -0.05) is 11.2 Å². The van der Waals surface area contributed by atoms with Crippen molar-refractivity contribution < 1.29 is 17.7 Å². The average molecular weight is 321 g/mol. The van der Waals surface area contributed by atoms with E-state index in [1.54, 1.807) is 18.5 Å². The van der Waals surface area contributed by atoms with Crippen LogP contribution < -0.4 is 4.72 Å². The lowest BCUT2D eigenvalue weighted by molar-refractivity contribution is -0.120. The molecule has 1 aliphatic rings. The molecule has 22 heavy (non-hydrogen) atoms. The third kappa shape index (κ3) is 2.61. The number of nitrogens with one attached hydrogen (secondary N) is 1. The highest BCUT2D eigenvalue weighted by atomic mass is 32.2. The molecule has 0 unspecified atom stereocenters. The largest absolute Gasteiger partial charge is 0.360 e. The maximum atomic E-state index is 12.3. The third-order valence-electron chi connectivity index (χ3n) is 3.71. The van der Waals surface area contributed by atoms with Gasteiger partial charge >= 0.3 is 0 Å². The monoisotopic (exact) mass is 321 g/mol. The van der Waals surface area contributed by atoms with Gasteiger partial charge in [0.25, 0.3) is 10.0 Å². The number of carbonyl (C=O) groups excluding carboxylic acids is 1. The van der Waals surface area contributed by atoms with Crippen molar-refractivity contribution in [2.75, 3.05) is 0 Å². The number of carbonyl (C=O) groups is 1. The number of nitrogens with zero attached hydrogens (tertiary/aromatic N) is 2. The predicted octanol–water partition coefficient (Wildman–Crippen LogP) is 1.30. The van der Waals surface area contributed by atoms with Gasteiger partial charge in [-0.25, -0.2) is 13.1 Å². The fourth-order valence-electron chi connectivity index (χ4n) is 2.57. The molecule has 1 fully saturated rings. The molecule has 2 aromatic heterocycles. The maximum absolute atomic E-state index is 12.3. The summed E-state index contributed by atoms with van der Waals surface area (Å²) in [4.78, 5) is 16.1. The Morgan fingerprint density at radius 1 is 1.41 bits per heavy atom. The van der Waals surface area contributed by atoms with Gasteiger partial charge in [0.15, 0.2) is 10.7 Å². The number of rotatable bonds is 4. The van der Waals surface area contributed by atoms with Crippen molar-refractivity contribution in [2.45, 2.75) is 31.1 Å². The molecule has 1 amide bonds. The van der Waals surface area contributed by atoms with Crippen molar-refractivity contribution in [1.29, 1.82) is 0 Å². The molecule has 8 heteroatoms. The van der Waals surface area contributed by atoms with Crippen molar-refractivity contribution in [2.24, 2.45) is 5.92 Å². The molecule has 0 bridgehead atoms. The van der Waals surface area contributed by atoms with Crippen LogP contribution >= 0.6 is 0 Å². The Balaban J connectivity index is 1.73. The average Bonchev–Trinajstić information content (AvgIpc) is 3.19. The number of hydrogen-bond donors (Lipinski definition) is 1. The lowest BCUT2D eigenvalue weighted by Gasteiger charge is -2.06. The minimum Gasteiger partial charge on any atom is -0.360 e. The molecule has 1 saturated carbocycles. The number of aryl methyl sites for hydroxylation is 2. The van der Waals surface area contributed by atoms with Gasteiger partial charge in [0.1, 0.15) is 5.69 Å². The van der Waals surface area contributed by atoms with Crippen LogP contribution in [0.1, 0.15) is 29.4 Å². The Morgan fingerprint density at radius 3 is 2.77 bits per heavy atom. The lowest BCUT2D eigenvalue weighted by Crippen LogP contribution is -2.32. The Labute approximate surface area is 127 Å². The minimum atomic E-state index is -3.96. The predicted molar refractivity (Wildman–Crippen MR) is 76.4 cm³/mol. The van der Waals surface area contributed by atoms with Crippen LogP contribution in [0.4, 0.5) is 0 Å². The van der Waals surface area contributed by atoms with Gasteiger partial charge in [-0.3, -0.25) is 9.78 Å². The van der Waals surface area contributed by atoms with E-state index in [1.807, 2.05) is 6.07 Å². The van der Waals surface area contributed by atoms with Gasteiger partial charge in [-0.05, 0) is 37.8 Å². The van der Waals surface area contributed by atoms with Gasteiger partial charge in [-0.2, -0.15) is 0 Å². The highest BCUT2D eigenvalue weighted by Crippen LogP contribution is 2.47. The summed E-state index contributed by atoms with van der Waals surface area (Å²) in [7, 11) is -3.96. The molecular weight excluding hydrogens is 306 g/mol. The topological polar surface area (TPSA) is 102 Å². The number of hydrogen-bond acceptors (Lipinski definition) is 6. The summed E-state index contributed by atoms with van der Waals surface area (Å²) in [6, 6.07) is 3.68. The number of aromatic nitrogens is 2. The third-order valence-corrected chi connectivity index (χ3v) is 5.30. The van der Waals surface area contributed by atoms with E-state index in [-0.39, 0.29) is 28.2 Å². The maximum Gasteiger partial charge on any atom is 0.269 e. The number of sulfonamides is 1. The summed E-state index contributed by atoms with van der Waals surface area (Å²) >= 11 is 0. The van der Waals surface area contributed by atoms with E-state index in [9.17, 15) is 13.2 Å². The second-order valence-corrected chi connectivity index (χ2v) is 6.98. The highest BCUT2D eigenvalue weighted by Gasteiger charge is 2.45. The fourth-order valence-corrected chi connectivity index (χ4v) is 3.93. The van der Waals surface area contributed by atoms with Crippen LogP contribution in [-0.2, 0) is 14.8 Å². The Kier molecular flexibility index (Phi) is 3.48. The SMILES string of the molecule is Cc1noc(C)c1S(=O)(=O)NC(=O)[C@H]1C[C@H]1c1cccnc1. The molecule has 2 heterocycles. The van der Waals surface area contributed by atoms with Gasteiger partial charge in [0.2, 0.25) is 5.91 Å². The van der Waals surface area contributed by atoms with E-state index in [1.165, 1.54) is 13.8 Å². The van der Waals surface area contributed by atoms with Crippen molar-refractivity contribution >= 4 is 15.9 Å². The Morgan fingerprint density at radius 2 is 2.18 bits per heavy atom. The molecule has 0 saturated heterocycles. The van der Waals surface area contributed by atoms with Crippen LogP contribution in [0, 0.1) is 19.8 Å². The second kappa shape index (κ2) is 5.20. The van der Waals surface area contributed by atoms with Crippen molar-refractivity contribution in [3.8, 4) is 0 Å². The first kappa shape index (κ1) is 14.7. The molecular formula is C14H15N3O4S. The van der Waals surface area contributed by atoms with E-state index in [4.69, 9.17) is 4.52 Å². The molecule has 116 valence electrons. The summed E-state index contributed by atoms with van der Waals surface area (Å²) < 4.78 is 31.5. The van der Waals surface area contributed by atoms with Gasteiger partial charge in [0, 0.05) is 18.3 Å².